The number of alkyl halides is 3. The van der Waals surface area contributed by atoms with Crippen LogP contribution in [-0.4, -0.2) is 62.7 Å². The fourth-order valence-corrected chi connectivity index (χ4v) is 3.80. The average molecular weight is 474 g/mol. The maximum absolute atomic E-state index is 13.4. The molecule has 1 heterocycles. The molecule has 2 aromatic rings. The van der Waals surface area contributed by atoms with Crippen LogP contribution in [-0.2, 0) is 15.7 Å². The van der Waals surface area contributed by atoms with E-state index in [0.717, 1.165) is 17.7 Å². The van der Waals surface area contributed by atoms with Crippen LogP contribution in [0.1, 0.15) is 27.0 Å². The SMILES string of the molecule is COCCNC(=O)C1CN(c2ccc(C#N)c(C(F)(F)F)c2)CCN1C(=O)c1ccc(C)cc1. The number of nitrogens with zero attached hydrogens (tertiary/aromatic N) is 3. The number of carbonyl (C=O) groups excluding carboxylic acids is 2. The third-order valence-electron chi connectivity index (χ3n) is 5.64. The largest absolute Gasteiger partial charge is 0.417 e. The molecule has 1 unspecified atom stereocenters. The predicted molar refractivity (Wildman–Crippen MR) is 119 cm³/mol. The van der Waals surface area contributed by atoms with E-state index < -0.39 is 29.3 Å². The van der Waals surface area contributed by atoms with E-state index in [9.17, 15) is 22.8 Å². The van der Waals surface area contributed by atoms with Gasteiger partial charge in [0.25, 0.3) is 5.91 Å². The van der Waals surface area contributed by atoms with Crippen molar-refractivity contribution in [2.24, 2.45) is 0 Å². The molecule has 2 amide bonds. The Labute approximate surface area is 195 Å². The molecule has 1 N–H and O–H groups in total. The van der Waals surface area contributed by atoms with E-state index in [4.69, 9.17) is 10.00 Å². The second-order valence-corrected chi connectivity index (χ2v) is 7.95. The van der Waals surface area contributed by atoms with Gasteiger partial charge in [-0.15, -0.1) is 0 Å². The van der Waals surface area contributed by atoms with Crippen molar-refractivity contribution < 1.29 is 27.5 Å². The highest BCUT2D eigenvalue weighted by atomic mass is 19.4. The van der Waals surface area contributed by atoms with Gasteiger partial charge in [0, 0.05) is 44.5 Å². The fraction of sp³-hybridized carbons (Fsp3) is 0.375. The minimum Gasteiger partial charge on any atom is -0.383 e. The maximum atomic E-state index is 13.4. The first kappa shape index (κ1) is 25.1. The van der Waals surface area contributed by atoms with Gasteiger partial charge in [0.05, 0.1) is 23.8 Å². The second kappa shape index (κ2) is 10.6. The summed E-state index contributed by atoms with van der Waals surface area (Å²) in [4.78, 5) is 29.2. The van der Waals surface area contributed by atoms with Gasteiger partial charge >= 0.3 is 6.18 Å². The van der Waals surface area contributed by atoms with Gasteiger partial charge in [0.1, 0.15) is 6.04 Å². The molecule has 7 nitrogen and oxygen atoms in total. The Balaban J connectivity index is 1.89. The van der Waals surface area contributed by atoms with E-state index in [-0.39, 0.29) is 44.4 Å². The number of rotatable bonds is 6. The number of carbonyl (C=O) groups is 2. The fourth-order valence-electron chi connectivity index (χ4n) is 3.80. The normalized spacial score (nSPS) is 16.2. The van der Waals surface area contributed by atoms with Gasteiger partial charge in [-0.3, -0.25) is 9.59 Å². The molecule has 0 aromatic heterocycles. The molecule has 180 valence electrons. The van der Waals surface area contributed by atoms with E-state index in [1.54, 1.807) is 35.2 Å². The number of halogens is 3. The molecule has 0 saturated carbocycles. The number of nitriles is 1. The van der Waals surface area contributed by atoms with Crippen molar-refractivity contribution in [3.8, 4) is 6.07 Å². The summed E-state index contributed by atoms with van der Waals surface area (Å²) in [6, 6.07) is 11.1. The molecular formula is C24H25F3N4O3. The van der Waals surface area contributed by atoms with Gasteiger partial charge in [0.2, 0.25) is 5.91 Å². The van der Waals surface area contributed by atoms with Crippen molar-refractivity contribution in [3.63, 3.8) is 0 Å². The highest BCUT2D eigenvalue weighted by Crippen LogP contribution is 2.35. The van der Waals surface area contributed by atoms with Gasteiger partial charge in [-0.1, -0.05) is 17.7 Å². The van der Waals surface area contributed by atoms with Crippen molar-refractivity contribution in [1.29, 1.82) is 5.26 Å². The first-order valence-electron chi connectivity index (χ1n) is 10.7. The van der Waals surface area contributed by atoms with Gasteiger partial charge < -0.3 is 19.9 Å². The standard InChI is InChI=1S/C24H25F3N4O3/c1-16-3-5-17(6-4-16)23(33)31-11-10-30(15-21(31)22(32)29-9-12-34-2)19-8-7-18(14-28)20(13-19)24(25,26)27/h3-8,13,21H,9-12,15H2,1-2H3,(H,29,32). The Hall–Kier alpha value is -3.58. The maximum Gasteiger partial charge on any atom is 0.417 e. The van der Waals surface area contributed by atoms with Crippen molar-refractivity contribution >= 4 is 17.5 Å². The number of aryl methyl sites for hydroxylation is 1. The number of piperazine rings is 1. The Morgan fingerprint density at radius 2 is 1.88 bits per heavy atom. The lowest BCUT2D eigenvalue weighted by atomic mass is 10.0. The molecule has 0 bridgehead atoms. The summed E-state index contributed by atoms with van der Waals surface area (Å²) in [7, 11) is 1.49. The summed E-state index contributed by atoms with van der Waals surface area (Å²) in [5.74, 6) is -0.755. The smallest absolute Gasteiger partial charge is 0.383 e. The zero-order valence-electron chi connectivity index (χ0n) is 18.9. The van der Waals surface area contributed by atoms with Crippen LogP contribution in [0, 0.1) is 18.3 Å². The molecule has 34 heavy (non-hydrogen) atoms. The minimum atomic E-state index is -4.69. The molecule has 1 saturated heterocycles. The molecule has 0 radical (unpaired) electrons. The van der Waals surface area contributed by atoms with Crippen molar-refractivity contribution in [2.45, 2.75) is 19.1 Å². The van der Waals surface area contributed by atoms with Crippen LogP contribution in [0.4, 0.5) is 18.9 Å². The summed E-state index contributed by atoms with van der Waals surface area (Å²) in [5, 5.41) is 11.8. The second-order valence-electron chi connectivity index (χ2n) is 7.95. The van der Waals surface area contributed by atoms with Crippen LogP contribution < -0.4 is 10.2 Å². The monoisotopic (exact) mass is 474 g/mol. The number of benzene rings is 2. The van der Waals surface area contributed by atoms with E-state index in [2.05, 4.69) is 5.32 Å². The number of ether oxygens (including phenoxy) is 1. The average Bonchev–Trinajstić information content (AvgIpc) is 2.83. The Morgan fingerprint density at radius 1 is 1.18 bits per heavy atom. The van der Waals surface area contributed by atoms with Crippen LogP contribution >= 0.6 is 0 Å². The molecule has 0 spiro atoms. The first-order chi connectivity index (χ1) is 16.2. The van der Waals surface area contributed by atoms with Crippen molar-refractivity contribution in [3.05, 3.63) is 64.7 Å². The van der Waals surface area contributed by atoms with E-state index in [0.29, 0.717) is 5.56 Å². The van der Waals surface area contributed by atoms with Crippen molar-refractivity contribution in [1.82, 2.24) is 10.2 Å². The first-order valence-corrected chi connectivity index (χ1v) is 10.7. The topological polar surface area (TPSA) is 85.7 Å². The molecule has 1 fully saturated rings. The van der Waals surface area contributed by atoms with Gasteiger partial charge in [-0.2, -0.15) is 18.4 Å². The molecule has 10 heteroatoms. The number of hydrogen-bond donors (Lipinski definition) is 1. The lowest BCUT2D eigenvalue weighted by molar-refractivity contribution is -0.137. The number of methoxy groups -OCH3 is 1. The molecule has 1 aliphatic heterocycles. The highest BCUT2D eigenvalue weighted by Gasteiger charge is 2.38. The molecule has 1 atom stereocenters. The van der Waals surface area contributed by atoms with Crippen LogP contribution in [0.3, 0.4) is 0 Å². The zero-order valence-corrected chi connectivity index (χ0v) is 18.9. The third-order valence-corrected chi connectivity index (χ3v) is 5.64. The quantitative estimate of drug-likeness (QED) is 0.651. The Bertz CT molecular complexity index is 1080. The van der Waals surface area contributed by atoms with Crippen LogP contribution in [0.25, 0.3) is 0 Å². The number of anilines is 1. The summed E-state index contributed by atoms with van der Waals surface area (Å²) < 4.78 is 45.3. The van der Waals surface area contributed by atoms with Crippen molar-refractivity contribution in [2.75, 3.05) is 44.8 Å². The number of hydrogen-bond acceptors (Lipinski definition) is 5. The van der Waals surface area contributed by atoms with Gasteiger partial charge in [0.15, 0.2) is 0 Å². The van der Waals surface area contributed by atoms with Crippen LogP contribution in [0.15, 0.2) is 42.5 Å². The third kappa shape index (κ3) is 5.66. The minimum absolute atomic E-state index is 0.000383. The predicted octanol–water partition coefficient (Wildman–Crippen LogP) is 2.98. The van der Waals surface area contributed by atoms with Crippen LogP contribution in [0.2, 0.25) is 0 Å². The molecule has 2 aromatic carbocycles. The van der Waals surface area contributed by atoms with Crippen LogP contribution in [0.5, 0.6) is 0 Å². The van der Waals surface area contributed by atoms with Gasteiger partial charge in [-0.05, 0) is 37.3 Å². The summed E-state index contributed by atoms with van der Waals surface area (Å²) in [6.07, 6.45) is -4.69. The number of amides is 2. The Morgan fingerprint density at radius 3 is 2.50 bits per heavy atom. The van der Waals surface area contributed by atoms with Gasteiger partial charge in [-0.25, -0.2) is 0 Å². The van der Waals surface area contributed by atoms with E-state index in [1.807, 2.05) is 6.92 Å². The molecule has 1 aliphatic rings. The highest BCUT2D eigenvalue weighted by molar-refractivity contribution is 5.98. The van der Waals surface area contributed by atoms with E-state index in [1.165, 1.54) is 18.1 Å². The molecular weight excluding hydrogens is 449 g/mol. The lowest BCUT2D eigenvalue weighted by Crippen LogP contribution is -2.61. The molecule has 0 aliphatic carbocycles. The lowest BCUT2D eigenvalue weighted by Gasteiger charge is -2.41. The zero-order chi connectivity index (χ0) is 24.9. The Kier molecular flexibility index (Phi) is 7.79. The summed E-state index contributed by atoms with van der Waals surface area (Å²) >= 11 is 0. The summed E-state index contributed by atoms with van der Waals surface area (Å²) in [5.41, 5.74) is 0.122. The van der Waals surface area contributed by atoms with E-state index >= 15 is 0 Å². The molecule has 3 rings (SSSR count). The summed E-state index contributed by atoms with van der Waals surface area (Å²) in [6.45, 7) is 2.76. The number of nitrogens with one attached hydrogen (secondary N) is 1.